The fraction of sp³-hybridized carbons (Fsp3) is 0.857. The first-order valence-electron chi connectivity index (χ1n) is 3.93. The molecule has 1 fully saturated rings. The number of nitrogens with zero attached hydrogens (tertiary/aromatic N) is 3. The maximum atomic E-state index is 11.0. The van der Waals surface area contributed by atoms with Crippen molar-refractivity contribution in [2.24, 2.45) is 11.0 Å². The number of rotatable bonds is 1. The van der Waals surface area contributed by atoms with Crippen molar-refractivity contribution in [1.29, 1.82) is 0 Å². The molecule has 0 N–H and O–H groups in total. The number of carbonyl (C=O) groups is 1. The van der Waals surface area contributed by atoms with E-state index in [1.54, 1.807) is 0 Å². The summed E-state index contributed by atoms with van der Waals surface area (Å²) in [4.78, 5) is 13.5. The normalized spacial score (nSPS) is 18.9. The van der Waals surface area contributed by atoms with E-state index in [4.69, 9.17) is 5.53 Å². The van der Waals surface area contributed by atoms with Crippen molar-refractivity contribution in [3.63, 3.8) is 0 Å². The van der Waals surface area contributed by atoms with E-state index in [1.165, 1.54) is 6.42 Å². The van der Waals surface area contributed by atoms with Crippen LogP contribution in [0.1, 0.15) is 32.1 Å². The van der Waals surface area contributed by atoms with Crippen LogP contribution in [0.5, 0.6) is 0 Å². The van der Waals surface area contributed by atoms with Gasteiger partial charge in [-0.05, 0) is 23.5 Å². The zero-order chi connectivity index (χ0) is 8.10. The Bertz CT molecular complexity index is 190. The van der Waals surface area contributed by atoms with Gasteiger partial charge in [-0.25, -0.2) is 0 Å². The highest BCUT2D eigenvalue weighted by molar-refractivity contribution is 5.79. The van der Waals surface area contributed by atoms with Gasteiger partial charge in [-0.15, -0.1) is 0 Å². The summed E-state index contributed by atoms with van der Waals surface area (Å²) in [6, 6.07) is 0. The fourth-order valence-electron chi connectivity index (χ4n) is 1.48. The summed E-state index contributed by atoms with van der Waals surface area (Å²) in [5, 5.41) is 3.09. The molecular formula is C7H11N3O. The molecule has 1 aliphatic carbocycles. The van der Waals surface area contributed by atoms with Gasteiger partial charge in [0.25, 0.3) is 0 Å². The molecule has 0 aromatic heterocycles. The van der Waals surface area contributed by atoms with Crippen LogP contribution >= 0.6 is 0 Å². The highest BCUT2D eigenvalue weighted by Crippen LogP contribution is 2.24. The first-order valence-corrected chi connectivity index (χ1v) is 3.93. The van der Waals surface area contributed by atoms with E-state index in [9.17, 15) is 4.79 Å². The molecule has 0 aromatic rings. The van der Waals surface area contributed by atoms with Crippen LogP contribution in [0.25, 0.3) is 10.4 Å². The second-order valence-electron chi connectivity index (χ2n) is 2.86. The monoisotopic (exact) mass is 153 g/mol. The SMILES string of the molecule is [N-]=[N+]=NC(=O)C1CCCCC1. The Labute approximate surface area is 65.2 Å². The summed E-state index contributed by atoms with van der Waals surface area (Å²) in [5.74, 6) is -0.258. The van der Waals surface area contributed by atoms with E-state index in [-0.39, 0.29) is 11.8 Å². The van der Waals surface area contributed by atoms with Gasteiger partial charge in [-0.3, -0.25) is 4.79 Å². The molecule has 0 aromatic carbocycles. The lowest BCUT2D eigenvalue weighted by molar-refractivity contribution is -0.122. The van der Waals surface area contributed by atoms with Crippen molar-refractivity contribution in [3.8, 4) is 0 Å². The van der Waals surface area contributed by atoms with Crippen LogP contribution in [0.3, 0.4) is 0 Å². The lowest BCUT2D eigenvalue weighted by Crippen LogP contribution is -2.14. The predicted molar refractivity (Wildman–Crippen MR) is 40.7 cm³/mol. The van der Waals surface area contributed by atoms with Crippen molar-refractivity contribution in [2.75, 3.05) is 0 Å². The molecule has 4 nitrogen and oxygen atoms in total. The molecule has 1 saturated carbocycles. The Morgan fingerprint density at radius 1 is 1.36 bits per heavy atom. The molecule has 1 aliphatic rings. The molecule has 0 aliphatic heterocycles. The molecule has 0 unspecified atom stereocenters. The summed E-state index contributed by atoms with van der Waals surface area (Å²) >= 11 is 0. The predicted octanol–water partition coefficient (Wildman–Crippen LogP) is 2.40. The molecule has 60 valence electrons. The highest BCUT2D eigenvalue weighted by Gasteiger charge is 2.19. The molecule has 0 bridgehead atoms. The van der Waals surface area contributed by atoms with Crippen LogP contribution in [0.15, 0.2) is 5.11 Å². The third-order valence-corrected chi connectivity index (χ3v) is 2.10. The van der Waals surface area contributed by atoms with Crippen molar-refractivity contribution >= 4 is 5.91 Å². The average Bonchev–Trinajstić information content (AvgIpc) is 2.07. The van der Waals surface area contributed by atoms with Crippen LogP contribution in [0.2, 0.25) is 0 Å². The minimum absolute atomic E-state index is 0.0136. The van der Waals surface area contributed by atoms with Gasteiger partial charge in [0, 0.05) is 10.8 Å². The third-order valence-electron chi connectivity index (χ3n) is 2.10. The van der Waals surface area contributed by atoms with Crippen LogP contribution < -0.4 is 0 Å². The number of hydrogen-bond donors (Lipinski definition) is 0. The average molecular weight is 153 g/mol. The van der Waals surface area contributed by atoms with E-state index in [0.717, 1.165) is 25.7 Å². The summed E-state index contributed by atoms with van der Waals surface area (Å²) in [5.41, 5.74) is 8.00. The molecule has 1 amide bonds. The van der Waals surface area contributed by atoms with Gasteiger partial charge in [-0.2, -0.15) is 0 Å². The highest BCUT2D eigenvalue weighted by atomic mass is 16.1. The molecule has 0 radical (unpaired) electrons. The standard InChI is InChI=1S/C7H11N3O/c8-10-9-7(11)6-4-2-1-3-5-6/h6H,1-5H2. The molecule has 0 heterocycles. The zero-order valence-electron chi connectivity index (χ0n) is 6.36. The quantitative estimate of drug-likeness (QED) is 0.324. The second kappa shape index (κ2) is 3.98. The Kier molecular flexibility index (Phi) is 2.93. The Morgan fingerprint density at radius 3 is 2.55 bits per heavy atom. The molecular weight excluding hydrogens is 142 g/mol. The molecule has 0 spiro atoms. The van der Waals surface area contributed by atoms with Gasteiger partial charge >= 0.3 is 0 Å². The number of hydrogen-bond acceptors (Lipinski definition) is 1. The maximum Gasteiger partial charge on any atom is 0.222 e. The topological polar surface area (TPSA) is 65.8 Å². The van der Waals surface area contributed by atoms with E-state index >= 15 is 0 Å². The minimum atomic E-state index is -0.271. The van der Waals surface area contributed by atoms with Crippen LogP contribution in [-0.4, -0.2) is 5.91 Å². The van der Waals surface area contributed by atoms with E-state index in [2.05, 4.69) is 10.0 Å². The lowest BCUT2D eigenvalue weighted by Gasteiger charge is -2.17. The van der Waals surface area contributed by atoms with Crippen molar-refractivity contribution in [1.82, 2.24) is 0 Å². The largest absolute Gasteiger partial charge is 0.292 e. The first-order chi connectivity index (χ1) is 5.34. The van der Waals surface area contributed by atoms with Gasteiger partial charge in [0.1, 0.15) is 0 Å². The van der Waals surface area contributed by atoms with Gasteiger partial charge in [-0.1, -0.05) is 19.3 Å². The third kappa shape index (κ3) is 2.24. The fourth-order valence-corrected chi connectivity index (χ4v) is 1.48. The lowest BCUT2D eigenvalue weighted by atomic mass is 9.89. The zero-order valence-corrected chi connectivity index (χ0v) is 6.36. The summed E-state index contributed by atoms with van der Waals surface area (Å²) in [7, 11) is 0. The molecule has 0 saturated heterocycles. The Hall–Kier alpha value is -1.02. The number of amides is 1. The van der Waals surface area contributed by atoms with Crippen molar-refractivity contribution < 1.29 is 4.79 Å². The van der Waals surface area contributed by atoms with Crippen molar-refractivity contribution in [3.05, 3.63) is 10.4 Å². The molecule has 1 rings (SSSR count). The van der Waals surface area contributed by atoms with Crippen molar-refractivity contribution in [2.45, 2.75) is 32.1 Å². The second-order valence-corrected chi connectivity index (χ2v) is 2.86. The van der Waals surface area contributed by atoms with E-state index in [0.29, 0.717) is 0 Å². The van der Waals surface area contributed by atoms with Crippen LogP contribution in [-0.2, 0) is 4.79 Å². The van der Waals surface area contributed by atoms with Gasteiger partial charge in [0.05, 0.1) is 0 Å². The maximum absolute atomic E-state index is 11.0. The van der Waals surface area contributed by atoms with Crippen LogP contribution in [0.4, 0.5) is 0 Å². The summed E-state index contributed by atoms with van der Waals surface area (Å²) in [6.45, 7) is 0. The number of azide groups is 1. The molecule has 11 heavy (non-hydrogen) atoms. The first kappa shape index (κ1) is 8.08. The van der Waals surface area contributed by atoms with Gasteiger partial charge in [0.15, 0.2) is 0 Å². The van der Waals surface area contributed by atoms with E-state index < -0.39 is 0 Å². The number of carbonyl (C=O) groups excluding carboxylic acids is 1. The Morgan fingerprint density at radius 2 is 2.00 bits per heavy atom. The summed E-state index contributed by atoms with van der Waals surface area (Å²) < 4.78 is 0. The smallest absolute Gasteiger partial charge is 0.222 e. The Balaban J connectivity index is 2.44. The summed E-state index contributed by atoms with van der Waals surface area (Å²) in [6.07, 6.45) is 5.20. The van der Waals surface area contributed by atoms with Gasteiger partial charge in [0.2, 0.25) is 5.91 Å². The molecule has 0 atom stereocenters. The van der Waals surface area contributed by atoms with Gasteiger partial charge < -0.3 is 0 Å². The minimum Gasteiger partial charge on any atom is -0.292 e. The molecule has 4 heteroatoms. The van der Waals surface area contributed by atoms with E-state index in [1.807, 2.05) is 0 Å². The van der Waals surface area contributed by atoms with Crippen LogP contribution in [0, 0.1) is 5.92 Å².